The molecule has 2 aromatic rings. The second-order valence-corrected chi connectivity index (χ2v) is 6.34. The first-order valence-corrected chi connectivity index (χ1v) is 8.51. The van der Waals surface area contributed by atoms with Crippen LogP contribution in [-0.4, -0.2) is 17.7 Å². The van der Waals surface area contributed by atoms with E-state index in [1.54, 1.807) is 0 Å². The van der Waals surface area contributed by atoms with Crippen molar-refractivity contribution >= 4 is 6.29 Å². The van der Waals surface area contributed by atoms with Gasteiger partial charge in [-0.15, -0.1) is 0 Å². The van der Waals surface area contributed by atoms with Crippen molar-refractivity contribution < 1.29 is 4.79 Å². The van der Waals surface area contributed by atoms with Gasteiger partial charge >= 0.3 is 0 Å². The topological polar surface area (TPSA) is 20.3 Å². The summed E-state index contributed by atoms with van der Waals surface area (Å²) in [7, 11) is 0. The Labute approximate surface area is 140 Å². The lowest BCUT2D eigenvalue weighted by molar-refractivity contribution is -0.109. The number of benzene rings is 2. The lowest BCUT2D eigenvalue weighted by Crippen LogP contribution is -2.24. The van der Waals surface area contributed by atoms with Crippen LogP contribution in [0.2, 0.25) is 0 Å². The second-order valence-electron chi connectivity index (χ2n) is 6.34. The number of nitrogens with zero attached hydrogens (tertiary/aromatic N) is 1. The zero-order chi connectivity index (χ0) is 16.3. The van der Waals surface area contributed by atoms with E-state index in [2.05, 4.69) is 36.1 Å². The summed E-state index contributed by atoms with van der Waals surface area (Å²) in [6.45, 7) is 4.37. The molecule has 0 atom stereocenters. The van der Waals surface area contributed by atoms with Crippen molar-refractivity contribution in [2.24, 2.45) is 5.92 Å². The van der Waals surface area contributed by atoms with Crippen LogP contribution >= 0.6 is 0 Å². The third-order valence-corrected chi connectivity index (χ3v) is 4.22. The molecule has 23 heavy (non-hydrogen) atoms. The van der Waals surface area contributed by atoms with Gasteiger partial charge in [-0.1, -0.05) is 86.8 Å². The van der Waals surface area contributed by atoms with Crippen LogP contribution in [0.1, 0.15) is 37.3 Å². The normalized spacial score (nSPS) is 13.8. The number of hydrogen-bond donors (Lipinski definition) is 0. The third-order valence-electron chi connectivity index (χ3n) is 4.22. The highest BCUT2D eigenvalue weighted by molar-refractivity contribution is 5.52. The van der Waals surface area contributed by atoms with Crippen LogP contribution < -0.4 is 0 Å². The van der Waals surface area contributed by atoms with Crippen LogP contribution in [0.25, 0.3) is 0 Å². The quantitative estimate of drug-likeness (QED) is 0.721. The average molecular weight is 309 g/mol. The first-order valence-electron chi connectivity index (χ1n) is 8.51. The van der Waals surface area contributed by atoms with Crippen molar-refractivity contribution in [1.29, 1.82) is 0 Å². The molecule has 3 rings (SSSR count). The Bertz CT molecular complexity index is 507. The minimum Gasteiger partial charge on any atom is -0.302 e. The van der Waals surface area contributed by atoms with E-state index in [1.165, 1.54) is 30.4 Å². The Morgan fingerprint density at radius 1 is 0.913 bits per heavy atom. The average Bonchev–Trinajstić information content (AvgIpc) is 2.56. The number of hydrogen-bond acceptors (Lipinski definition) is 2. The van der Waals surface area contributed by atoms with Gasteiger partial charge in [-0.2, -0.15) is 0 Å². The first kappa shape index (κ1) is 17.4. The van der Waals surface area contributed by atoms with Crippen LogP contribution in [0.3, 0.4) is 0 Å². The summed E-state index contributed by atoms with van der Waals surface area (Å²) in [5.74, 6) is 1.06. The van der Waals surface area contributed by atoms with Gasteiger partial charge in [0.1, 0.15) is 6.29 Å². The molecule has 122 valence electrons. The minimum atomic E-state index is 0.462. The summed E-state index contributed by atoms with van der Waals surface area (Å²) in [6.07, 6.45) is 5.42. The molecule has 0 radical (unpaired) electrons. The van der Waals surface area contributed by atoms with Gasteiger partial charge in [-0.05, 0) is 17.0 Å². The number of aldehydes is 1. The molecule has 0 aliphatic heterocycles. The fourth-order valence-electron chi connectivity index (χ4n) is 2.59. The van der Waals surface area contributed by atoms with E-state index in [-0.39, 0.29) is 0 Å². The Hall–Kier alpha value is -1.93. The predicted molar refractivity (Wildman–Crippen MR) is 96.1 cm³/mol. The Balaban J connectivity index is 0.000000326. The highest BCUT2D eigenvalue weighted by atomic mass is 16.1. The molecule has 0 bridgehead atoms. The van der Waals surface area contributed by atoms with E-state index in [0.717, 1.165) is 25.3 Å². The van der Waals surface area contributed by atoms with Gasteiger partial charge in [-0.25, -0.2) is 0 Å². The molecule has 2 aromatic carbocycles. The molecule has 1 aliphatic carbocycles. The van der Waals surface area contributed by atoms with Gasteiger partial charge in [0.25, 0.3) is 0 Å². The monoisotopic (exact) mass is 309 g/mol. The SMILES string of the molecule is CC1CCC1.O=CCN(Cc1ccccc1)Cc1ccccc1. The van der Waals surface area contributed by atoms with E-state index < -0.39 is 0 Å². The van der Waals surface area contributed by atoms with Crippen molar-refractivity contribution in [3.8, 4) is 0 Å². The van der Waals surface area contributed by atoms with Crippen LogP contribution in [0.15, 0.2) is 60.7 Å². The molecule has 1 fully saturated rings. The molecule has 0 aromatic heterocycles. The number of carbonyl (C=O) groups excluding carboxylic acids is 1. The molecule has 1 saturated carbocycles. The molecule has 0 amide bonds. The minimum absolute atomic E-state index is 0.462. The Morgan fingerprint density at radius 3 is 1.65 bits per heavy atom. The maximum atomic E-state index is 10.8. The molecule has 2 heteroatoms. The molecule has 0 saturated heterocycles. The Kier molecular flexibility index (Phi) is 7.55. The zero-order valence-electron chi connectivity index (χ0n) is 14.0. The largest absolute Gasteiger partial charge is 0.302 e. The summed E-state index contributed by atoms with van der Waals surface area (Å²) in [4.78, 5) is 12.9. The fraction of sp³-hybridized carbons (Fsp3) is 0.381. The van der Waals surface area contributed by atoms with E-state index in [9.17, 15) is 4.79 Å². The van der Waals surface area contributed by atoms with Gasteiger partial charge in [-0.3, -0.25) is 4.90 Å². The van der Waals surface area contributed by atoms with Crippen molar-refractivity contribution in [3.05, 3.63) is 71.8 Å². The zero-order valence-corrected chi connectivity index (χ0v) is 14.0. The van der Waals surface area contributed by atoms with E-state index >= 15 is 0 Å². The smallest absolute Gasteiger partial charge is 0.134 e. The van der Waals surface area contributed by atoms with Crippen LogP contribution in [0, 0.1) is 5.92 Å². The third kappa shape index (κ3) is 6.79. The summed E-state index contributed by atoms with van der Waals surface area (Å²) in [6, 6.07) is 20.5. The van der Waals surface area contributed by atoms with E-state index in [4.69, 9.17) is 0 Å². The van der Waals surface area contributed by atoms with Crippen molar-refractivity contribution in [2.45, 2.75) is 39.3 Å². The fourth-order valence-corrected chi connectivity index (χ4v) is 2.59. The molecular weight excluding hydrogens is 282 g/mol. The molecule has 0 heterocycles. The van der Waals surface area contributed by atoms with Crippen molar-refractivity contribution in [3.63, 3.8) is 0 Å². The van der Waals surface area contributed by atoms with Gasteiger partial charge in [0.05, 0.1) is 6.54 Å². The molecular formula is C21H27NO. The summed E-state index contributed by atoms with van der Waals surface area (Å²) < 4.78 is 0. The molecule has 0 spiro atoms. The number of rotatable bonds is 6. The predicted octanol–water partition coefficient (Wildman–Crippen LogP) is 4.69. The van der Waals surface area contributed by atoms with Gasteiger partial charge < -0.3 is 4.79 Å². The highest BCUT2D eigenvalue weighted by Crippen LogP contribution is 2.24. The van der Waals surface area contributed by atoms with Crippen LogP contribution in [0.5, 0.6) is 0 Å². The van der Waals surface area contributed by atoms with Crippen molar-refractivity contribution in [1.82, 2.24) is 4.90 Å². The van der Waals surface area contributed by atoms with Gasteiger partial charge in [0, 0.05) is 13.1 Å². The molecule has 1 aliphatic rings. The molecule has 0 N–H and O–H groups in total. The summed E-state index contributed by atoms with van der Waals surface area (Å²) >= 11 is 0. The second kappa shape index (κ2) is 9.96. The first-order chi connectivity index (χ1) is 11.3. The van der Waals surface area contributed by atoms with Crippen LogP contribution in [0.4, 0.5) is 0 Å². The lowest BCUT2D eigenvalue weighted by atomic mass is 9.88. The lowest BCUT2D eigenvalue weighted by Gasteiger charge is -2.19. The van der Waals surface area contributed by atoms with Crippen LogP contribution in [-0.2, 0) is 17.9 Å². The maximum Gasteiger partial charge on any atom is 0.134 e. The maximum absolute atomic E-state index is 10.8. The highest BCUT2D eigenvalue weighted by Gasteiger charge is 2.09. The van der Waals surface area contributed by atoms with Crippen molar-refractivity contribution in [2.75, 3.05) is 6.54 Å². The van der Waals surface area contributed by atoms with Gasteiger partial charge in [0.15, 0.2) is 0 Å². The summed E-state index contributed by atoms with van der Waals surface area (Å²) in [5, 5.41) is 0. The van der Waals surface area contributed by atoms with E-state index in [1.807, 2.05) is 36.4 Å². The summed E-state index contributed by atoms with van der Waals surface area (Å²) in [5.41, 5.74) is 2.46. The standard InChI is InChI=1S/C16H17NO.C5H10/c18-12-11-17(13-15-7-3-1-4-8-15)14-16-9-5-2-6-10-16;1-5-3-2-4-5/h1-10,12H,11,13-14H2;5H,2-4H2,1H3. The Morgan fingerprint density at radius 2 is 1.35 bits per heavy atom. The van der Waals surface area contributed by atoms with E-state index in [0.29, 0.717) is 6.54 Å². The molecule has 0 unspecified atom stereocenters. The molecule has 2 nitrogen and oxygen atoms in total. The van der Waals surface area contributed by atoms with Gasteiger partial charge in [0.2, 0.25) is 0 Å². The number of carbonyl (C=O) groups is 1.